The molecule has 0 saturated heterocycles. The molecule has 6 nitrogen and oxygen atoms in total. The lowest BCUT2D eigenvalue weighted by atomic mass is 10.1. The van der Waals surface area contributed by atoms with Crippen molar-refractivity contribution in [1.82, 2.24) is 15.1 Å². The van der Waals surface area contributed by atoms with Gasteiger partial charge in [-0.05, 0) is 24.6 Å². The number of nitrogens with one attached hydrogen (secondary N) is 1. The highest BCUT2D eigenvalue weighted by Gasteiger charge is 2.12. The number of hydrogen-bond donors (Lipinski definition) is 1. The van der Waals surface area contributed by atoms with E-state index < -0.39 is 5.76 Å². The molecule has 1 amide bonds. The molecule has 18 heavy (non-hydrogen) atoms. The van der Waals surface area contributed by atoms with E-state index in [-0.39, 0.29) is 18.3 Å². The van der Waals surface area contributed by atoms with Gasteiger partial charge in [0.25, 0.3) is 0 Å². The molecule has 0 aliphatic heterocycles. The lowest BCUT2D eigenvalue weighted by molar-refractivity contribution is -0.121. The molecular formula is C12H11N3O3. The van der Waals surface area contributed by atoms with Gasteiger partial charge in [-0.2, -0.15) is 4.68 Å². The van der Waals surface area contributed by atoms with Crippen LogP contribution in [-0.2, 0) is 11.3 Å². The Morgan fingerprint density at radius 3 is 3.00 bits per heavy atom. The van der Waals surface area contributed by atoms with Crippen molar-refractivity contribution in [3.05, 3.63) is 47.3 Å². The van der Waals surface area contributed by atoms with Crippen molar-refractivity contribution in [3.8, 4) is 11.5 Å². The lowest BCUT2D eigenvalue weighted by Gasteiger charge is -1.97. The van der Waals surface area contributed by atoms with Crippen molar-refractivity contribution in [2.45, 2.75) is 6.54 Å². The second-order valence-corrected chi connectivity index (χ2v) is 3.63. The molecule has 0 unspecified atom stereocenters. The summed E-state index contributed by atoms with van der Waals surface area (Å²) < 4.78 is 5.92. The van der Waals surface area contributed by atoms with E-state index >= 15 is 0 Å². The highest BCUT2D eigenvalue weighted by molar-refractivity contribution is 5.75. The standard InChI is InChI=1S/C12H11N3O3/c1-8-4-3-5-9(6-8)11-14-15(12(17)18-11)7-10(16)13-2/h1,3-6H,7H2,2H3,(H,13,16). The van der Waals surface area contributed by atoms with Gasteiger partial charge >= 0.3 is 5.76 Å². The van der Waals surface area contributed by atoms with Crippen molar-refractivity contribution in [1.29, 1.82) is 0 Å². The van der Waals surface area contributed by atoms with E-state index in [4.69, 9.17) is 11.3 Å². The van der Waals surface area contributed by atoms with Gasteiger partial charge in [-0.1, -0.05) is 12.1 Å². The Kier molecular flexibility index (Phi) is 3.27. The van der Waals surface area contributed by atoms with Crippen LogP contribution >= 0.6 is 0 Å². The van der Waals surface area contributed by atoms with E-state index in [0.717, 1.165) is 4.68 Å². The fourth-order valence-corrected chi connectivity index (χ4v) is 1.41. The monoisotopic (exact) mass is 245 g/mol. The number of hydrogen-bond acceptors (Lipinski definition) is 4. The van der Waals surface area contributed by atoms with Gasteiger partial charge < -0.3 is 9.73 Å². The first-order chi connectivity index (χ1) is 8.60. The predicted molar refractivity (Wildman–Crippen MR) is 63.7 cm³/mol. The van der Waals surface area contributed by atoms with E-state index in [1.807, 2.05) is 0 Å². The molecule has 0 saturated carbocycles. The SMILES string of the molecule is [CH]c1cccc(-c2nn(CC(=O)NC)c(=O)o2)c1. The van der Waals surface area contributed by atoms with Crippen LogP contribution < -0.4 is 11.1 Å². The second-order valence-electron chi connectivity index (χ2n) is 3.63. The third-order valence-corrected chi connectivity index (χ3v) is 2.31. The van der Waals surface area contributed by atoms with Gasteiger partial charge in [0, 0.05) is 12.6 Å². The van der Waals surface area contributed by atoms with Crippen LogP contribution in [0.4, 0.5) is 0 Å². The smallest absolute Gasteiger partial charge is 0.388 e. The Hall–Kier alpha value is -2.37. The molecule has 92 valence electrons. The normalized spacial score (nSPS) is 10.3. The summed E-state index contributed by atoms with van der Waals surface area (Å²) in [6, 6.07) is 6.78. The highest BCUT2D eigenvalue weighted by atomic mass is 16.4. The number of likely N-dealkylation sites (N-methyl/N-ethyl adjacent to an activating group) is 1. The second kappa shape index (κ2) is 4.87. The van der Waals surface area contributed by atoms with Crippen molar-refractivity contribution in [2.75, 3.05) is 7.05 Å². The maximum atomic E-state index is 11.5. The zero-order valence-electron chi connectivity index (χ0n) is 9.71. The van der Waals surface area contributed by atoms with Gasteiger partial charge in [-0.25, -0.2) is 4.79 Å². The van der Waals surface area contributed by atoms with E-state index in [0.29, 0.717) is 11.1 Å². The number of aromatic nitrogens is 2. The van der Waals surface area contributed by atoms with Gasteiger partial charge in [0.15, 0.2) is 0 Å². The summed E-state index contributed by atoms with van der Waals surface area (Å²) >= 11 is 0. The average molecular weight is 245 g/mol. The van der Waals surface area contributed by atoms with Gasteiger partial charge in [-0.3, -0.25) is 4.79 Å². The van der Waals surface area contributed by atoms with Crippen molar-refractivity contribution in [2.24, 2.45) is 0 Å². The molecular weight excluding hydrogens is 234 g/mol. The number of carbonyl (C=O) groups excluding carboxylic acids is 1. The molecule has 0 atom stereocenters. The largest absolute Gasteiger partial charge is 0.437 e. The Balaban J connectivity index is 2.34. The third kappa shape index (κ3) is 2.48. The van der Waals surface area contributed by atoms with Crippen LogP contribution in [0.5, 0.6) is 0 Å². The third-order valence-electron chi connectivity index (χ3n) is 2.31. The average Bonchev–Trinajstić information content (AvgIpc) is 2.71. The fraction of sp³-hybridized carbons (Fsp3) is 0.167. The first-order valence-electron chi connectivity index (χ1n) is 5.24. The van der Waals surface area contributed by atoms with E-state index in [9.17, 15) is 9.59 Å². The van der Waals surface area contributed by atoms with E-state index in [1.54, 1.807) is 24.3 Å². The lowest BCUT2D eigenvalue weighted by Crippen LogP contribution is -2.28. The zero-order valence-corrected chi connectivity index (χ0v) is 9.71. The number of carbonyl (C=O) groups is 1. The molecule has 2 rings (SSSR count). The minimum atomic E-state index is -0.684. The van der Waals surface area contributed by atoms with Crippen molar-refractivity contribution in [3.63, 3.8) is 0 Å². The molecule has 0 aliphatic rings. The molecule has 1 N–H and O–H groups in total. The Morgan fingerprint density at radius 2 is 2.33 bits per heavy atom. The van der Waals surface area contributed by atoms with Crippen LogP contribution in [0.3, 0.4) is 0 Å². The number of rotatable bonds is 3. The Morgan fingerprint density at radius 1 is 1.56 bits per heavy atom. The summed E-state index contributed by atoms with van der Waals surface area (Å²) in [5.74, 6) is -0.878. The van der Waals surface area contributed by atoms with Gasteiger partial charge in [0.05, 0.1) is 0 Å². The van der Waals surface area contributed by atoms with Crippen LogP contribution in [0.25, 0.3) is 11.5 Å². The van der Waals surface area contributed by atoms with E-state index in [1.165, 1.54) is 7.05 Å². The summed E-state index contributed by atoms with van der Waals surface area (Å²) in [6.45, 7) is 5.45. The van der Waals surface area contributed by atoms with Crippen LogP contribution in [0.2, 0.25) is 0 Å². The summed E-state index contributed by atoms with van der Waals surface area (Å²) in [5.41, 5.74) is 1.12. The minimum absolute atomic E-state index is 0.135. The Labute approximate surface area is 103 Å². The number of amides is 1. The maximum absolute atomic E-state index is 11.5. The Bertz CT molecular complexity index is 627. The fourth-order valence-electron chi connectivity index (χ4n) is 1.41. The first-order valence-corrected chi connectivity index (χ1v) is 5.24. The molecule has 6 heteroatoms. The predicted octanol–water partition coefficient (Wildman–Crippen LogP) is 0.308. The number of nitrogens with zero attached hydrogens (tertiary/aromatic N) is 2. The van der Waals surface area contributed by atoms with E-state index in [2.05, 4.69) is 10.4 Å². The molecule has 2 radical (unpaired) electrons. The summed E-state index contributed by atoms with van der Waals surface area (Å²) in [5, 5.41) is 6.33. The molecule has 0 bridgehead atoms. The quantitative estimate of drug-likeness (QED) is 0.844. The number of benzene rings is 1. The van der Waals surface area contributed by atoms with Gasteiger partial charge in [-0.15, -0.1) is 5.10 Å². The molecule has 0 aliphatic carbocycles. The molecule has 0 spiro atoms. The first kappa shape index (κ1) is 12.1. The summed E-state index contributed by atoms with van der Waals surface area (Å²) in [4.78, 5) is 22.6. The zero-order chi connectivity index (χ0) is 13.1. The van der Waals surface area contributed by atoms with Crippen LogP contribution in [0.15, 0.2) is 33.5 Å². The molecule has 2 aromatic rings. The topological polar surface area (TPSA) is 77.1 Å². The molecule has 1 aromatic heterocycles. The van der Waals surface area contributed by atoms with Crippen molar-refractivity contribution >= 4 is 5.91 Å². The summed E-state index contributed by atoms with van der Waals surface area (Å²) in [6.07, 6.45) is 0. The summed E-state index contributed by atoms with van der Waals surface area (Å²) in [7, 11) is 1.48. The van der Waals surface area contributed by atoms with Gasteiger partial charge in [0.1, 0.15) is 6.54 Å². The maximum Gasteiger partial charge on any atom is 0.437 e. The molecule has 0 fully saturated rings. The minimum Gasteiger partial charge on any atom is -0.388 e. The highest BCUT2D eigenvalue weighted by Crippen LogP contribution is 2.16. The van der Waals surface area contributed by atoms with Crippen molar-refractivity contribution < 1.29 is 9.21 Å². The molecule has 1 aromatic carbocycles. The molecule has 1 heterocycles. The van der Waals surface area contributed by atoms with Crippen LogP contribution in [0.1, 0.15) is 5.56 Å². The van der Waals surface area contributed by atoms with Gasteiger partial charge in [0.2, 0.25) is 11.8 Å². The van der Waals surface area contributed by atoms with Crippen LogP contribution in [0, 0.1) is 6.92 Å². The van der Waals surface area contributed by atoms with Crippen LogP contribution in [-0.4, -0.2) is 22.7 Å².